The number of ether oxygens (including phenoxy) is 2. The second-order valence-electron chi connectivity index (χ2n) is 8.49. The molecule has 0 radical (unpaired) electrons. The summed E-state index contributed by atoms with van der Waals surface area (Å²) in [7, 11) is 0. The van der Waals surface area contributed by atoms with Gasteiger partial charge in [-0.25, -0.2) is 9.79 Å². The van der Waals surface area contributed by atoms with Gasteiger partial charge in [-0.15, -0.1) is 24.0 Å². The van der Waals surface area contributed by atoms with E-state index in [0.29, 0.717) is 30.8 Å². The zero-order valence-corrected chi connectivity index (χ0v) is 21.4. The second kappa shape index (κ2) is 10.6. The molecule has 2 heterocycles. The lowest BCUT2D eigenvalue weighted by Gasteiger charge is -2.35. The van der Waals surface area contributed by atoms with Gasteiger partial charge >= 0.3 is 6.09 Å². The van der Waals surface area contributed by atoms with E-state index in [0.717, 1.165) is 0 Å². The van der Waals surface area contributed by atoms with Crippen molar-refractivity contribution in [3.8, 4) is 0 Å². The summed E-state index contributed by atoms with van der Waals surface area (Å²) in [4.78, 5) is 23.1. The number of aryl methyl sites for hydroxylation is 1. The van der Waals surface area contributed by atoms with Crippen LogP contribution in [0.2, 0.25) is 0 Å². The third-order valence-corrected chi connectivity index (χ3v) is 4.29. The average Bonchev–Trinajstić information content (AvgIpc) is 3.08. The molecule has 10 nitrogen and oxygen atoms in total. The van der Waals surface area contributed by atoms with Crippen molar-refractivity contribution in [1.82, 2.24) is 25.7 Å². The molecular weight excluding hydrogens is 503 g/mol. The maximum atomic E-state index is 12.8. The Kier molecular flexibility index (Phi) is 9.33. The van der Waals surface area contributed by atoms with Crippen molar-refractivity contribution in [3.05, 3.63) is 11.7 Å². The van der Waals surface area contributed by atoms with E-state index in [2.05, 4.69) is 25.8 Å². The van der Waals surface area contributed by atoms with Crippen LogP contribution in [0.15, 0.2) is 9.52 Å². The van der Waals surface area contributed by atoms with E-state index in [1.54, 1.807) is 11.8 Å². The summed E-state index contributed by atoms with van der Waals surface area (Å²) in [5.74, 6) is 1.60. The summed E-state index contributed by atoms with van der Waals surface area (Å²) in [6.45, 7) is 16.4. The zero-order chi connectivity index (χ0) is 21.8. The number of aromatic nitrogens is 2. The fraction of sp³-hybridized carbons (Fsp3) is 0.789. The van der Waals surface area contributed by atoms with Crippen molar-refractivity contribution >= 4 is 36.0 Å². The van der Waals surface area contributed by atoms with Gasteiger partial charge in [0.2, 0.25) is 5.89 Å². The first-order valence-corrected chi connectivity index (χ1v) is 9.94. The number of nitrogens with one attached hydrogen (secondary N) is 2. The summed E-state index contributed by atoms with van der Waals surface area (Å²) in [5, 5.41) is 10.3. The van der Waals surface area contributed by atoms with Crippen LogP contribution in [0.4, 0.5) is 4.79 Å². The number of nitrogens with zero attached hydrogens (tertiary/aromatic N) is 4. The summed E-state index contributed by atoms with van der Waals surface area (Å²) in [5.41, 5.74) is -1.36. The van der Waals surface area contributed by atoms with Crippen molar-refractivity contribution in [1.29, 1.82) is 0 Å². The van der Waals surface area contributed by atoms with Crippen molar-refractivity contribution in [2.24, 2.45) is 4.99 Å². The van der Waals surface area contributed by atoms with Crippen LogP contribution >= 0.6 is 24.0 Å². The Balaban J connectivity index is 0.00000450. The maximum absolute atomic E-state index is 12.8. The van der Waals surface area contributed by atoms with Crippen molar-refractivity contribution in [3.63, 3.8) is 0 Å². The summed E-state index contributed by atoms with van der Waals surface area (Å²) >= 11 is 0. The maximum Gasteiger partial charge on any atom is 0.412 e. The number of halogens is 1. The number of aliphatic imine (C=N–C) groups is 1. The molecule has 172 valence electrons. The van der Waals surface area contributed by atoms with Crippen LogP contribution in [0, 0.1) is 6.92 Å². The predicted molar refractivity (Wildman–Crippen MR) is 124 cm³/mol. The van der Waals surface area contributed by atoms with Gasteiger partial charge in [-0.2, -0.15) is 4.98 Å². The molecule has 0 aliphatic carbocycles. The minimum atomic E-state index is -0.772. The van der Waals surface area contributed by atoms with Gasteiger partial charge in [-0.3, -0.25) is 4.90 Å². The van der Waals surface area contributed by atoms with E-state index in [1.165, 1.54) is 0 Å². The standard InChI is InChI=1S/C19H34N6O4.HI/c1-9-20-16(22-11-15-23-13(3)29-24-15)21-10-14-12(2)27-19(7,8)25(14)17(26)28-18(4,5)6;/h12,14H,9-11H2,1-8H3,(H2,20,21,22);1H. The first-order valence-electron chi connectivity index (χ1n) is 9.94. The van der Waals surface area contributed by atoms with Gasteiger partial charge in [0, 0.05) is 20.0 Å². The predicted octanol–water partition coefficient (Wildman–Crippen LogP) is 2.81. The molecule has 2 N–H and O–H groups in total. The molecule has 1 aromatic rings. The van der Waals surface area contributed by atoms with Gasteiger partial charge in [0.1, 0.15) is 17.9 Å². The molecule has 2 atom stereocenters. The molecule has 11 heteroatoms. The fourth-order valence-electron chi connectivity index (χ4n) is 3.22. The van der Waals surface area contributed by atoms with E-state index in [9.17, 15) is 4.79 Å². The highest BCUT2D eigenvalue weighted by molar-refractivity contribution is 14.0. The van der Waals surface area contributed by atoms with E-state index < -0.39 is 17.4 Å². The topological polar surface area (TPSA) is 114 Å². The van der Waals surface area contributed by atoms with Gasteiger partial charge in [-0.05, 0) is 48.5 Å². The average molecular weight is 538 g/mol. The fourth-order valence-corrected chi connectivity index (χ4v) is 3.22. The smallest absolute Gasteiger partial charge is 0.412 e. The monoisotopic (exact) mass is 538 g/mol. The van der Waals surface area contributed by atoms with Gasteiger partial charge in [0.05, 0.1) is 12.1 Å². The molecule has 0 saturated carbocycles. The molecular formula is C19H35IN6O4. The van der Waals surface area contributed by atoms with Crippen LogP contribution < -0.4 is 10.6 Å². The molecule has 0 aromatic carbocycles. The summed E-state index contributed by atoms with van der Waals surface area (Å²) < 4.78 is 16.6. The molecule has 1 amide bonds. The van der Waals surface area contributed by atoms with Crippen molar-refractivity contribution in [2.45, 2.75) is 85.4 Å². The quantitative estimate of drug-likeness (QED) is 0.334. The molecule has 1 saturated heterocycles. The van der Waals surface area contributed by atoms with Crippen molar-refractivity contribution < 1.29 is 18.8 Å². The number of carbonyl (C=O) groups is 1. The van der Waals surface area contributed by atoms with E-state index in [-0.39, 0.29) is 42.7 Å². The normalized spacial score (nSPS) is 21.2. The second-order valence-corrected chi connectivity index (χ2v) is 8.49. The highest BCUT2D eigenvalue weighted by Crippen LogP contribution is 2.33. The zero-order valence-electron chi connectivity index (χ0n) is 19.1. The minimum Gasteiger partial charge on any atom is -0.444 e. The van der Waals surface area contributed by atoms with Crippen LogP contribution in [0.3, 0.4) is 0 Å². The van der Waals surface area contributed by atoms with Crippen LogP contribution in [0.25, 0.3) is 0 Å². The molecule has 0 bridgehead atoms. The van der Waals surface area contributed by atoms with E-state index >= 15 is 0 Å². The Bertz CT molecular complexity index is 731. The Morgan fingerprint density at radius 3 is 2.53 bits per heavy atom. The van der Waals surface area contributed by atoms with Crippen molar-refractivity contribution in [2.75, 3.05) is 13.1 Å². The molecule has 1 aliphatic rings. The molecule has 2 rings (SSSR count). The van der Waals surface area contributed by atoms with E-state index in [4.69, 9.17) is 14.0 Å². The number of hydrogen-bond donors (Lipinski definition) is 2. The van der Waals surface area contributed by atoms with Gasteiger partial charge in [0.15, 0.2) is 11.8 Å². The van der Waals surface area contributed by atoms with Gasteiger partial charge in [0.25, 0.3) is 0 Å². The number of carbonyl (C=O) groups excluding carboxylic acids is 1. The highest BCUT2D eigenvalue weighted by atomic mass is 127. The Labute approximate surface area is 195 Å². The first-order chi connectivity index (χ1) is 13.4. The highest BCUT2D eigenvalue weighted by Gasteiger charge is 2.49. The summed E-state index contributed by atoms with van der Waals surface area (Å²) in [6, 6.07) is -0.226. The van der Waals surface area contributed by atoms with Gasteiger partial charge < -0.3 is 24.6 Å². The third kappa shape index (κ3) is 7.25. The molecule has 2 unspecified atom stereocenters. The van der Waals surface area contributed by atoms with Gasteiger partial charge in [-0.1, -0.05) is 5.16 Å². The minimum absolute atomic E-state index is 0. The molecule has 0 spiro atoms. The first kappa shape index (κ1) is 26.4. The lowest BCUT2D eigenvalue weighted by molar-refractivity contribution is -0.0755. The molecule has 1 aromatic heterocycles. The Hall–Kier alpha value is -1.63. The number of hydrogen-bond acceptors (Lipinski definition) is 7. The Morgan fingerprint density at radius 2 is 2.00 bits per heavy atom. The van der Waals surface area contributed by atoms with E-state index in [1.807, 2.05) is 48.5 Å². The van der Waals surface area contributed by atoms with Crippen LogP contribution in [0.5, 0.6) is 0 Å². The molecule has 1 aliphatic heterocycles. The van der Waals surface area contributed by atoms with Crippen LogP contribution in [-0.4, -0.2) is 63.7 Å². The molecule has 1 fully saturated rings. The SMILES string of the molecule is CCNC(=NCc1noc(C)n1)NCC1C(C)OC(C)(C)N1C(=O)OC(C)(C)C.I. The number of amides is 1. The lowest BCUT2D eigenvalue weighted by atomic mass is 10.1. The number of guanidine groups is 1. The third-order valence-electron chi connectivity index (χ3n) is 4.29. The number of rotatable bonds is 5. The Morgan fingerprint density at radius 1 is 1.33 bits per heavy atom. The summed E-state index contributed by atoms with van der Waals surface area (Å²) in [6.07, 6.45) is -0.574. The molecule has 30 heavy (non-hydrogen) atoms. The lowest BCUT2D eigenvalue weighted by Crippen LogP contribution is -2.54. The van der Waals surface area contributed by atoms with Crippen LogP contribution in [-0.2, 0) is 16.0 Å². The van der Waals surface area contributed by atoms with Crippen LogP contribution in [0.1, 0.15) is 60.2 Å². The largest absolute Gasteiger partial charge is 0.444 e.